The normalized spacial score (nSPS) is 24.8. The average molecular weight is 256 g/mol. The Balaban J connectivity index is 2.16. The van der Waals surface area contributed by atoms with E-state index in [2.05, 4.69) is 20.3 Å². The summed E-state index contributed by atoms with van der Waals surface area (Å²) < 4.78 is 39.9. The van der Waals surface area contributed by atoms with Crippen LogP contribution in [0.25, 0.3) is 11.0 Å². The van der Waals surface area contributed by atoms with Gasteiger partial charge in [0.25, 0.3) is 0 Å². The molecule has 1 saturated heterocycles. The molecule has 2 aromatic heterocycles. The van der Waals surface area contributed by atoms with Crippen molar-refractivity contribution in [1.29, 1.82) is 0 Å². The fraction of sp³-hybridized carbons (Fsp3) is 0.455. The highest BCUT2D eigenvalue weighted by molar-refractivity contribution is 5.73. The van der Waals surface area contributed by atoms with Gasteiger partial charge < -0.3 is 10.3 Å². The van der Waals surface area contributed by atoms with E-state index in [0.29, 0.717) is 17.6 Å². The Morgan fingerprint density at radius 1 is 1.33 bits per heavy atom. The van der Waals surface area contributed by atoms with E-state index in [4.69, 9.17) is 0 Å². The summed E-state index contributed by atoms with van der Waals surface area (Å²) in [6, 6.07) is 1.60. The molecular formula is C11H11F3N4. The first kappa shape index (κ1) is 11.5. The third kappa shape index (κ3) is 1.50. The van der Waals surface area contributed by atoms with Crippen molar-refractivity contribution < 1.29 is 13.2 Å². The molecule has 1 atom stereocenters. The van der Waals surface area contributed by atoms with Gasteiger partial charge in [0.2, 0.25) is 0 Å². The number of rotatable bonds is 1. The molecule has 3 rings (SSSR count). The van der Waals surface area contributed by atoms with E-state index in [9.17, 15) is 13.2 Å². The highest BCUT2D eigenvalue weighted by Gasteiger charge is 2.59. The van der Waals surface area contributed by atoms with Crippen molar-refractivity contribution in [3.05, 3.63) is 24.3 Å². The molecule has 1 fully saturated rings. The van der Waals surface area contributed by atoms with Gasteiger partial charge in [0.15, 0.2) is 0 Å². The molecule has 0 aromatic carbocycles. The maximum Gasteiger partial charge on any atom is 0.402 e. The Morgan fingerprint density at radius 3 is 2.78 bits per heavy atom. The first-order valence-corrected chi connectivity index (χ1v) is 5.61. The predicted molar refractivity (Wildman–Crippen MR) is 59.1 cm³/mol. The number of nitrogens with zero attached hydrogens (tertiary/aromatic N) is 2. The van der Waals surface area contributed by atoms with Gasteiger partial charge in [0.05, 0.1) is 17.2 Å². The van der Waals surface area contributed by atoms with Crippen molar-refractivity contribution in [3.8, 4) is 0 Å². The predicted octanol–water partition coefficient (Wildman–Crippen LogP) is 1.75. The van der Waals surface area contributed by atoms with Gasteiger partial charge in [-0.05, 0) is 19.0 Å². The maximum absolute atomic E-state index is 13.3. The van der Waals surface area contributed by atoms with Crippen molar-refractivity contribution >= 4 is 11.0 Å². The zero-order chi connectivity index (χ0) is 12.8. The topological polar surface area (TPSA) is 53.6 Å². The second kappa shape index (κ2) is 3.68. The largest absolute Gasteiger partial charge is 0.402 e. The van der Waals surface area contributed by atoms with Crippen molar-refractivity contribution in [2.24, 2.45) is 0 Å². The highest BCUT2D eigenvalue weighted by atomic mass is 19.4. The Hall–Kier alpha value is -1.63. The van der Waals surface area contributed by atoms with Gasteiger partial charge in [-0.25, -0.2) is 4.98 Å². The van der Waals surface area contributed by atoms with E-state index >= 15 is 0 Å². The fourth-order valence-electron chi connectivity index (χ4n) is 2.35. The standard InChI is InChI=1S/C11H11F3N4/c12-11(13,14)10(2-4-16-6-10)9-17-7-1-3-15-5-8(7)18-9/h1,3,5,16H,2,4,6H2,(H,17,18). The lowest BCUT2D eigenvalue weighted by molar-refractivity contribution is -0.186. The van der Waals surface area contributed by atoms with Crippen LogP contribution in [0.3, 0.4) is 0 Å². The fourth-order valence-corrected chi connectivity index (χ4v) is 2.35. The van der Waals surface area contributed by atoms with Gasteiger partial charge >= 0.3 is 6.18 Å². The zero-order valence-corrected chi connectivity index (χ0v) is 9.38. The molecule has 0 amide bonds. The molecular weight excluding hydrogens is 245 g/mol. The molecule has 1 aliphatic rings. The van der Waals surface area contributed by atoms with Crippen molar-refractivity contribution in [1.82, 2.24) is 20.3 Å². The minimum absolute atomic E-state index is 0.00372. The number of aromatic amines is 1. The van der Waals surface area contributed by atoms with E-state index in [0.717, 1.165) is 0 Å². The number of halogens is 3. The molecule has 2 aromatic rings. The molecule has 96 valence electrons. The quantitative estimate of drug-likeness (QED) is 0.817. The third-order valence-corrected chi connectivity index (χ3v) is 3.43. The number of aromatic nitrogens is 3. The molecule has 0 radical (unpaired) electrons. The van der Waals surface area contributed by atoms with E-state index in [-0.39, 0.29) is 18.8 Å². The van der Waals surface area contributed by atoms with Crippen LogP contribution in [0.5, 0.6) is 0 Å². The minimum atomic E-state index is -4.32. The van der Waals surface area contributed by atoms with Crippen LogP contribution in [0.15, 0.2) is 18.5 Å². The van der Waals surface area contributed by atoms with Crippen LogP contribution in [0.1, 0.15) is 12.2 Å². The van der Waals surface area contributed by atoms with Crippen LogP contribution in [-0.2, 0) is 5.41 Å². The number of alkyl halides is 3. The number of nitrogens with one attached hydrogen (secondary N) is 2. The van der Waals surface area contributed by atoms with Crippen molar-refractivity contribution in [2.45, 2.75) is 18.0 Å². The molecule has 0 saturated carbocycles. The molecule has 7 heteroatoms. The van der Waals surface area contributed by atoms with Crippen LogP contribution < -0.4 is 5.32 Å². The molecule has 0 bridgehead atoms. The molecule has 1 aliphatic heterocycles. The van der Waals surface area contributed by atoms with Gasteiger partial charge in [0, 0.05) is 12.7 Å². The molecule has 0 spiro atoms. The summed E-state index contributed by atoms with van der Waals surface area (Å²) in [5.74, 6) is -0.0250. The first-order chi connectivity index (χ1) is 8.53. The molecule has 1 unspecified atom stereocenters. The third-order valence-electron chi connectivity index (χ3n) is 3.43. The van der Waals surface area contributed by atoms with E-state index in [1.807, 2.05) is 0 Å². The first-order valence-electron chi connectivity index (χ1n) is 5.61. The number of imidazole rings is 1. The summed E-state index contributed by atoms with van der Waals surface area (Å²) in [6.45, 7) is 0.207. The van der Waals surface area contributed by atoms with Gasteiger partial charge in [-0.3, -0.25) is 4.98 Å². The Bertz CT molecular complexity index is 536. The number of hydrogen-bond donors (Lipinski definition) is 2. The number of hydrogen-bond acceptors (Lipinski definition) is 3. The number of fused-ring (bicyclic) bond motifs is 1. The van der Waals surface area contributed by atoms with Crippen LogP contribution in [0, 0.1) is 0 Å². The van der Waals surface area contributed by atoms with Crippen molar-refractivity contribution in [3.63, 3.8) is 0 Å². The summed E-state index contributed by atoms with van der Waals surface area (Å²) in [5.41, 5.74) is -0.870. The summed E-state index contributed by atoms with van der Waals surface area (Å²) in [5, 5.41) is 2.77. The average Bonchev–Trinajstić information content (AvgIpc) is 2.95. The zero-order valence-electron chi connectivity index (χ0n) is 9.38. The van der Waals surface area contributed by atoms with Gasteiger partial charge in [0.1, 0.15) is 11.2 Å². The van der Waals surface area contributed by atoms with Crippen LogP contribution in [-0.4, -0.2) is 34.2 Å². The summed E-state index contributed by atoms with van der Waals surface area (Å²) in [4.78, 5) is 10.7. The lowest BCUT2D eigenvalue weighted by atomic mass is 9.85. The second-order valence-corrected chi connectivity index (χ2v) is 4.48. The molecule has 18 heavy (non-hydrogen) atoms. The van der Waals surface area contributed by atoms with Gasteiger partial charge in [-0.1, -0.05) is 0 Å². The SMILES string of the molecule is FC(F)(F)C1(c2nc3ccncc3[nH]2)CCNC1. The van der Waals surface area contributed by atoms with E-state index in [1.54, 1.807) is 6.07 Å². The Morgan fingerprint density at radius 2 is 2.17 bits per heavy atom. The number of pyridine rings is 1. The highest BCUT2D eigenvalue weighted by Crippen LogP contribution is 2.44. The molecule has 3 heterocycles. The molecule has 2 N–H and O–H groups in total. The van der Waals surface area contributed by atoms with E-state index < -0.39 is 11.6 Å². The number of H-pyrrole nitrogens is 1. The van der Waals surface area contributed by atoms with E-state index in [1.165, 1.54) is 12.4 Å². The van der Waals surface area contributed by atoms with Crippen molar-refractivity contribution in [2.75, 3.05) is 13.1 Å². The van der Waals surface area contributed by atoms with Crippen LogP contribution in [0.4, 0.5) is 13.2 Å². The Labute approximate surface area is 101 Å². The summed E-state index contributed by atoms with van der Waals surface area (Å²) in [6.07, 6.45) is -1.32. The minimum Gasteiger partial charge on any atom is -0.340 e. The van der Waals surface area contributed by atoms with Crippen LogP contribution in [0.2, 0.25) is 0 Å². The smallest absolute Gasteiger partial charge is 0.340 e. The summed E-state index contributed by atoms with van der Waals surface area (Å²) in [7, 11) is 0. The summed E-state index contributed by atoms with van der Waals surface area (Å²) >= 11 is 0. The lowest BCUT2D eigenvalue weighted by Crippen LogP contribution is -2.45. The maximum atomic E-state index is 13.3. The van der Waals surface area contributed by atoms with Crippen LogP contribution >= 0.6 is 0 Å². The second-order valence-electron chi connectivity index (χ2n) is 4.48. The van der Waals surface area contributed by atoms with Gasteiger partial charge in [-0.2, -0.15) is 13.2 Å². The molecule has 0 aliphatic carbocycles. The lowest BCUT2D eigenvalue weighted by Gasteiger charge is -2.28. The molecule has 4 nitrogen and oxygen atoms in total. The van der Waals surface area contributed by atoms with Gasteiger partial charge in [-0.15, -0.1) is 0 Å². The Kier molecular flexibility index (Phi) is 2.34. The monoisotopic (exact) mass is 256 g/mol.